The minimum absolute atomic E-state index is 0.267. The lowest BCUT2D eigenvalue weighted by atomic mass is 9.96. The first-order valence-electron chi connectivity index (χ1n) is 8.66. The van der Waals surface area contributed by atoms with Crippen LogP contribution in [0.2, 0.25) is 5.02 Å². The Morgan fingerprint density at radius 1 is 1.28 bits per heavy atom. The molecule has 0 aliphatic heterocycles. The number of hydrogen-bond donors (Lipinski definition) is 3. The van der Waals surface area contributed by atoms with Crippen LogP contribution in [0.5, 0.6) is 0 Å². The molecule has 0 spiro atoms. The summed E-state index contributed by atoms with van der Waals surface area (Å²) in [6, 6.07) is 6.51. The standard InChI is InChI=1S/C18H22ClN3OS2/c1-2-11-8-9-13-14(10-11)25-16(15(13)19)17(23)21-22-18(24)20-12-6-4-3-5-7-12/h8-10,12H,2-7H2,1H3,(H,21,23)(H2,20,22,24). The second kappa shape index (κ2) is 8.34. The molecule has 2 aromatic rings. The molecule has 1 amide bonds. The van der Waals surface area contributed by atoms with Crippen LogP contribution in [0, 0.1) is 0 Å². The highest BCUT2D eigenvalue weighted by Gasteiger charge is 2.18. The van der Waals surface area contributed by atoms with Gasteiger partial charge >= 0.3 is 0 Å². The quantitative estimate of drug-likeness (QED) is 0.526. The lowest BCUT2D eigenvalue weighted by Gasteiger charge is -2.24. The minimum atomic E-state index is -0.267. The fourth-order valence-electron chi connectivity index (χ4n) is 3.11. The van der Waals surface area contributed by atoms with Crippen molar-refractivity contribution in [2.75, 3.05) is 0 Å². The molecule has 134 valence electrons. The average molecular weight is 396 g/mol. The zero-order valence-corrected chi connectivity index (χ0v) is 16.5. The number of halogens is 1. The number of amides is 1. The van der Waals surface area contributed by atoms with E-state index in [2.05, 4.69) is 29.2 Å². The van der Waals surface area contributed by atoms with Crippen molar-refractivity contribution in [3.05, 3.63) is 33.7 Å². The van der Waals surface area contributed by atoms with Gasteiger partial charge < -0.3 is 5.32 Å². The minimum Gasteiger partial charge on any atom is -0.359 e. The summed E-state index contributed by atoms with van der Waals surface area (Å²) in [5.41, 5.74) is 6.67. The fraction of sp³-hybridized carbons (Fsp3) is 0.444. The van der Waals surface area contributed by atoms with E-state index in [0.717, 1.165) is 29.3 Å². The number of benzene rings is 1. The normalized spacial score (nSPS) is 15.1. The number of aryl methyl sites for hydroxylation is 1. The summed E-state index contributed by atoms with van der Waals surface area (Å²) < 4.78 is 1.03. The monoisotopic (exact) mass is 395 g/mol. The van der Waals surface area contributed by atoms with Crippen LogP contribution in [-0.2, 0) is 6.42 Å². The number of fused-ring (bicyclic) bond motifs is 1. The van der Waals surface area contributed by atoms with Gasteiger partial charge in [-0.2, -0.15) is 0 Å². The number of nitrogens with one attached hydrogen (secondary N) is 3. The van der Waals surface area contributed by atoms with Crippen molar-refractivity contribution in [1.82, 2.24) is 16.2 Å². The van der Waals surface area contributed by atoms with Gasteiger partial charge in [0.05, 0.1) is 5.02 Å². The molecule has 0 saturated heterocycles. The first-order valence-corrected chi connectivity index (χ1v) is 10.3. The van der Waals surface area contributed by atoms with Gasteiger partial charge in [-0.1, -0.05) is 49.9 Å². The maximum atomic E-state index is 12.5. The molecule has 1 fully saturated rings. The van der Waals surface area contributed by atoms with E-state index in [9.17, 15) is 4.79 Å². The molecule has 3 N–H and O–H groups in total. The molecule has 3 rings (SSSR count). The van der Waals surface area contributed by atoms with Crippen LogP contribution in [-0.4, -0.2) is 17.1 Å². The zero-order valence-electron chi connectivity index (χ0n) is 14.2. The van der Waals surface area contributed by atoms with E-state index in [-0.39, 0.29) is 5.91 Å². The summed E-state index contributed by atoms with van der Waals surface area (Å²) in [4.78, 5) is 12.9. The van der Waals surface area contributed by atoms with Crippen LogP contribution >= 0.6 is 35.2 Å². The van der Waals surface area contributed by atoms with E-state index < -0.39 is 0 Å². The van der Waals surface area contributed by atoms with Gasteiger partial charge in [-0.25, -0.2) is 0 Å². The molecule has 7 heteroatoms. The summed E-state index contributed by atoms with van der Waals surface area (Å²) in [6.07, 6.45) is 6.94. The molecule has 4 nitrogen and oxygen atoms in total. The van der Waals surface area contributed by atoms with Crippen molar-refractivity contribution < 1.29 is 4.79 Å². The van der Waals surface area contributed by atoms with Gasteiger partial charge in [0.1, 0.15) is 4.88 Å². The van der Waals surface area contributed by atoms with Crippen molar-refractivity contribution in [3.63, 3.8) is 0 Å². The maximum absolute atomic E-state index is 12.5. The van der Waals surface area contributed by atoms with Crippen LogP contribution in [0.1, 0.15) is 54.3 Å². The molecule has 0 bridgehead atoms. The summed E-state index contributed by atoms with van der Waals surface area (Å²) in [7, 11) is 0. The second-order valence-electron chi connectivity index (χ2n) is 6.32. The summed E-state index contributed by atoms with van der Waals surface area (Å²) in [5, 5.41) is 5.12. The molecular weight excluding hydrogens is 374 g/mol. The summed E-state index contributed by atoms with van der Waals surface area (Å²) in [6.45, 7) is 2.11. The van der Waals surface area contributed by atoms with Crippen LogP contribution in [0.4, 0.5) is 0 Å². The third kappa shape index (κ3) is 4.43. The number of hydrogen-bond acceptors (Lipinski definition) is 3. The van der Waals surface area contributed by atoms with Crippen LogP contribution < -0.4 is 16.2 Å². The highest BCUT2D eigenvalue weighted by atomic mass is 35.5. The number of carbonyl (C=O) groups is 1. The van der Waals surface area contributed by atoms with E-state index >= 15 is 0 Å². The molecule has 1 aliphatic carbocycles. The number of carbonyl (C=O) groups excluding carboxylic acids is 1. The van der Waals surface area contributed by atoms with Crippen LogP contribution in [0.3, 0.4) is 0 Å². The Labute approximate surface area is 162 Å². The molecule has 1 saturated carbocycles. The van der Waals surface area contributed by atoms with E-state index in [0.29, 0.717) is 21.1 Å². The van der Waals surface area contributed by atoms with Gasteiger partial charge in [0.2, 0.25) is 0 Å². The highest BCUT2D eigenvalue weighted by molar-refractivity contribution is 7.80. The first kappa shape index (κ1) is 18.4. The van der Waals surface area contributed by atoms with Gasteiger partial charge in [-0.3, -0.25) is 15.6 Å². The smallest absolute Gasteiger partial charge is 0.281 e. The Bertz CT molecular complexity index is 784. The lowest BCUT2D eigenvalue weighted by Crippen LogP contribution is -2.49. The topological polar surface area (TPSA) is 53.2 Å². The fourth-order valence-corrected chi connectivity index (χ4v) is 4.81. The Kier molecular flexibility index (Phi) is 6.15. The number of thiocarbonyl (C=S) groups is 1. The van der Waals surface area contributed by atoms with Crippen molar-refractivity contribution in [3.8, 4) is 0 Å². The third-order valence-corrected chi connectivity index (χ3v) is 6.41. The van der Waals surface area contributed by atoms with E-state index in [1.165, 1.54) is 36.2 Å². The molecule has 1 aliphatic rings. The molecule has 0 unspecified atom stereocenters. The lowest BCUT2D eigenvalue weighted by molar-refractivity contribution is 0.0948. The summed E-state index contributed by atoms with van der Waals surface area (Å²) >= 11 is 13.1. The number of rotatable bonds is 3. The Morgan fingerprint density at radius 2 is 2.04 bits per heavy atom. The van der Waals surface area contributed by atoms with Crippen molar-refractivity contribution >= 4 is 56.3 Å². The zero-order chi connectivity index (χ0) is 17.8. The van der Waals surface area contributed by atoms with Crippen molar-refractivity contribution in [1.29, 1.82) is 0 Å². The molecule has 25 heavy (non-hydrogen) atoms. The first-order chi connectivity index (χ1) is 12.1. The highest BCUT2D eigenvalue weighted by Crippen LogP contribution is 2.35. The predicted octanol–water partition coefficient (Wildman–Crippen LogP) is 4.56. The Morgan fingerprint density at radius 3 is 2.76 bits per heavy atom. The van der Waals surface area contributed by atoms with Gasteiger partial charge in [0.25, 0.3) is 5.91 Å². The average Bonchev–Trinajstić information content (AvgIpc) is 2.96. The van der Waals surface area contributed by atoms with Crippen molar-refractivity contribution in [2.45, 2.75) is 51.5 Å². The van der Waals surface area contributed by atoms with E-state index in [4.69, 9.17) is 23.8 Å². The Balaban J connectivity index is 1.61. The van der Waals surface area contributed by atoms with Gasteiger partial charge in [-0.05, 0) is 43.1 Å². The molecular formula is C18H22ClN3OS2. The molecule has 1 aromatic heterocycles. The molecule has 1 aromatic carbocycles. The van der Waals surface area contributed by atoms with Crippen LogP contribution in [0.15, 0.2) is 18.2 Å². The molecule has 0 radical (unpaired) electrons. The van der Waals surface area contributed by atoms with E-state index in [1.807, 2.05) is 12.1 Å². The molecule has 0 atom stereocenters. The van der Waals surface area contributed by atoms with Crippen LogP contribution in [0.25, 0.3) is 10.1 Å². The van der Waals surface area contributed by atoms with Gasteiger partial charge in [0.15, 0.2) is 5.11 Å². The second-order valence-corrected chi connectivity index (χ2v) is 8.16. The maximum Gasteiger partial charge on any atom is 0.281 e. The van der Waals surface area contributed by atoms with Crippen molar-refractivity contribution in [2.24, 2.45) is 0 Å². The van der Waals surface area contributed by atoms with Gasteiger partial charge in [0, 0.05) is 16.1 Å². The third-order valence-electron chi connectivity index (χ3n) is 4.54. The van der Waals surface area contributed by atoms with E-state index in [1.54, 1.807) is 0 Å². The molecule has 1 heterocycles. The van der Waals surface area contributed by atoms with Gasteiger partial charge in [-0.15, -0.1) is 11.3 Å². The Hall–Kier alpha value is -1.37. The number of thiophene rings is 1. The summed E-state index contributed by atoms with van der Waals surface area (Å²) in [5.74, 6) is -0.267. The largest absolute Gasteiger partial charge is 0.359 e. The number of hydrazine groups is 1. The predicted molar refractivity (Wildman–Crippen MR) is 109 cm³/mol. The SMILES string of the molecule is CCc1ccc2c(Cl)c(C(=O)NNC(=S)NC3CCCCC3)sc2c1.